The fourth-order valence-electron chi connectivity index (χ4n) is 3.11. The Morgan fingerprint density at radius 2 is 2.16 bits per heavy atom. The second kappa shape index (κ2) is 7.61. The van der Waals surface area contributed by atoms with E-state index >= 15 is 0 Å². The zero-order chi connectivity index (χ0) is 13.4. The van der Waals surface area contributed by atoms with Gasteiger partial charge in [-0.2, -0.15) is 0 Å². The van der Waals surface area contributed by atoms with Crippen LogP contribution in [0.4, 0.5) is 0 Å². The minimum absolute atomic E-state index is 0.455. The van der Waals surface area contributed by atoms with Crippen LogP contribution in [0.25, 0.3) is 0 Å². The van der Waals surface area contributed by atoms with Crippen LogP contribution < -0.4 is 5.32 Å². The molecule has 0 aromatic carbocycles. The molecule has 1 heterocycles. The molecule has 3 heteroatoms. The third-order valence-electron chi connectivity index (χ3n) is 4.30. The van der Waals surface area contributed by atoms with E-state index in [1.807, 2.05) is 18.5 Å². The molecule has 1 aromatic heterocycles. The van der Waals surface area contributed by atoms with Crippen molar-refractivity contribution in [2.45, 2.75) is 45.1 Å². The highest BCUT2D eigenvalue weighted by molar-refractivity contribution is 5.07. The molecule has 1 saturated carbocycles. The number of nitrogens with zero attached hydrogens (tertiary/aromatic N) is 1. The molecule has 3 nitrogen and oxygen atoms in total. The molecule has 1 aliphatic carbocycles. The molecule has 1 aromatic rings. The SMILES string of the molecule is COCCC1(CNCc2cccnc2)CCCCC1. The summed E-state index contributed by atoms with van der Waals surface area (Å²) in [6.45, 7) is 2.91. The summed E-state index contributed by atoms with van der Waals surface area (Å²) in [6, 6.07) is 4.13. The fourth-order valence-corrected chi connectivity index (χ4v) is 3.11. The minimum atomic E-state index is 0.455. The van der Waals surface area contributed by atoms with Crippen LogP contribution in [0.5, 0.6) is 0 Å². The first-order chi connectivity index (χ1) is 9.35. The van der Waals surface area contributed by atoms with Crippen LogP contribution >= 0.6 is 0 Å². The smallest absolute Gasteiger partial charge is 0.0468 e. The van der Waals surface area contributed by atoms with Gasteiger partial charge in [0.25, 0.3) is 0 Å². The van der Waals surface area contributed by atoms with Crippen LogP contribution in [0.15, 0.2) is 24.5 Å². The lowest BCUT2D eigenvalue weighted by Gasteiger charge is -2.37. The van der Waals surface area contributed by atoms with Gasteiger partial charge in [0.15, 0.2) is 0 Å². The second-order valence-electron chi connectivity index (χ2n) is 5.77. The molecule has 0 radical (unpaired) electrons. The second-order valence-corrected chi connectivity index (χ2v) is 5.77. The van der Waals surface area contributed by atoms with Crippen molar-refractivity contribution in [1.29, 1.82) is 0 Å². The molecule has 0 atom stereocenters. The summed E-state index contributed by atoms with van der Waals surface area (Å²) in [4.78, 5) is 4.16. The highest BCUT2D eigenvalue weighted by atomic mass is 16.5. The van der Waals surface area contributed by atoms with Gasteiger partial charge in [-0.3, -0.25) is 4.98 Å². The highest BCUT2D eigenvalue weighted by Gasteiger charge is 2.31. The van der Waals surface area contributed by atoms with Crippen molar-refractivity contribution in [2.75, 3.05) is 20.3 Å². The maximum absolute atomic E-state index is 5.30. The summed E-state index contributed by atoms with van der Waals surface area (Å²) in [5.41, 5.74) is 1.72. The van der Waals surface area contributed by atoms with E-state index < -0.39 is 0 Å². The van der Waals surface area contributed by atoms with Crippen molar-refractivity contribution in [2.24, 2.45) is 5.41 Å². The first-order valence-electron chi connectivity index (χ1n) is 7.43. The summed E-state index contributed by atoms with van der Waals surface area (Å²) in [7, 11) is 1.81. The third-order valence-corrected chi connectivity index (χ3v) is 4.30. The van der Waals surface area contributed by atoms with E-state index in [0.29, 0.717) is 5.41 Å². The first-order valence-corrected chi connectivity index (χ1v) is 7.43. The van der Waals surface area contributed by atoms with Crippen LogP contribution in [0, 0.1) is 5.41 Å². The number of methoxy groups -OCH3 is 1. The molecule has 0 bridgehead atoms. The quantitative estimate of drug-likeness (QED) is 0.819. The van der Waals surface area contributed by atoms with Crippen molar-refractivity contribution >= 4 is 0 Å². The molecule has 1 fully saturated rings. The van der Waals surface area contributed by atoms with Gasteiger partial charge in [-0.25, -0.2) is 0 Å². The Morgan fingerprint density at radius 3 is 2.84 bits per heavy atom. The molecule has 2 rings (SSSR count). The van der Waals surface area contributed by atoms with E-state index in [9.17, 15) is 0 Å². The molecule has 106 valence electrons. The maximum atomic E-state index is 5.30. The van der Waals surface area contributed by atoms with Crippen LogP contribution in [-0.4, -0.2) is 25.2 Å². The molecule has 19 heavy (non-hydrogen) atoms. The van der Waals surface area contributed by atoms with Crippen molar-refractivity contribution < 1.29 is 4.74 Å². The Kier molecular flexibility index (Phi) is 5.80. The number of rotatable bonds is 7. The molecule has 0 saturated heterocycles. The zero-order valence-electron chi connectivity index (χ0n) is 12.0. The maximum Gasteiger partial charge on any atom is 0.0468 e. The summed E-state index contributed by atoms with van der Waals surface area (Å²) >= 11 is 0. The third kappa shape index (κ3) is 4.59. The monoisotopic (exact) mass is 262 g/mol. The number of aromatic nitrogens is 1. The predicted molar refractivity (Wildman–Crippen MR) is 78.0 cm³/mol. The zero-order valence-corrected chi connectivity index (χ0v) is 12.0. The van der Waals surface area contributed by atoms with Crippen molar-refractivity contribution in [3.8, 4) is 0 Å². The minimum Gasteiger partial charge on any atom is -0.385 e. The Morgan fingerprint density at radius 1 is 1.32 bits per heavy atom. The molecule has 1 N–H and O–H groups in total. The normalized spacial score (nSPS) is 18.4. The van der Waals surface area contributed by atoms with Gasteiger partial charge in [0.05, 0.1) is 0 Å². The van der Waals surface area contributed by atoms with Crippen LogP contribution in [0.3, 0.4) is 0 Å². The van der Waals surface area contributed by atoms with E-state index in [0.717, 1.165) is 19.7 Å². The number of hydrogen-bond acceptors (Lipinski definition) is 3. The van der Waals surface area contributed by atoms with Gasteiger partial charge in [0, 0.05) is 39.2 Å². The predicted octanol–water partition coefficient (Wildman–Crippen LogP) is 3.16. The lowest BCUT2D eigenvalue weighted by atomic mass is 9.72. The van der Waals surface area contributed by atoms with Crippen LogP contribution in [-0.2, 0) is 11.3 Å². The van der Waals surface area contributed by atoms with Gasteiger partial charge < -0.3 is 10.1 Å². The molecule has 0 amide bonds. The fraction of sp³-hybridized carbons (Fsp3) is 0.688. The Balaban J connectivity index is 1.82. The van der Waals surface area contributed by atoms with Crippen molar-refractivity contribution in [1.82, 2.24) is 10.3 Å². The number of nitrogens with one attached hydrogen (secondary N) is 1. The van der Waals surface area contributed by atoms with Gasteiger partial charge >= 0.3 is 0 Å². The van der Waals surface area contributed by atoms with Gasteiger partial charge in [-0.1, -0.05) is 25.3 Å². The average Bonchev–Trinajstić information content (AvgIpc) is 2.47. The molecule has 0 spiro atoms. The van der Waals surface area contributed by atoms with Gasteiger partial charge in [0.2, 0.25) is 0 Å². The van der Waals surface area contributed by atoms with Gasteiger partial charge in [0.1, 0.15) is 0 Å². The lowest BCUT2D eigenvalue weighted by molar-refractivity contribution is 0.101. The number of hydrogen-bond donors (Lipinski definition) is 1. The van der Waals surface area contributed by atoms with Crippen molar-refractivity contribution in [3.63, 3.8) is 0 Å². The Hall–Kier alpha value is -0.930. The molecule has 0 unspecified atom stereocenters. The van der Waals surface area contributed by atoms with E-state index in [4.69, 9.17) is 4.74 Å². The van der Waals surface area contributed by atoms with Gasteiger partial charge in [-0.05, 0) is 36.3 Å². The summed E-state index contributed by atoms with van der Waals surface area (Å²) in [5, 5.41) is 3.63. The average molecular weight is 262 g/mol. The Bertz CT molecular complexity index is 347. The summed E-state index contributed by atoms with van der Waals surface area (Å²) < 4.78 is 5.30. The Labute approximate surface area is 116 Å². The molecular formula is C16H26N2O. The molecule has 0 aliphatic heterocycles. The van der Waals surface area contributed by atoms with E-state index in [2.05, 4.69) is 16.4 Å². The van der Waals surface area contributed by atoms with E-state index in [1.165, 1.54) is 44.1 Å². The standard InChI is InChI=1S/C16H26N2O/c1-19-11-9-16(7-3-2-4-8-16)14-18-13-15-6-5-10-17-12-15/h5-6,10,12,18H,2-4,7-9,11,13-14H2,1H3. The number of ether oxygens (including phenoxy) is 1. The summed E-state index contributed by atoms with van der Waals surface area (Å²) in [5.74, 6) is 0. The summed E-state index contributed by atoms with van der Waals surface area (Å²) in [6.07, 6.45) is 11.8. The molecule has 1 aliphatic rings. The topological polar surface area (TPSA) is 34.1 Å². The van der Waals surface area contributed by atoms with Crippen LogP contribution in [0.1, 0.15) is 44.1 Å². The number of pyridine rings is 1. The largest absolute Gasteiger partial charge is 0.385 e. The lowest BCUT2D eigenvalue weighted by Crippen LogP contribution is -2.37. The van der Waals surface area contributed by atoms with Crippen LogP contribution in [0.2, 0.25) is 0 Å². The van der Waals surface area contributed by atoms with E-state index in [-0.39, 0.29) is 0 Å². The van der Waals surface area contributed by atoms with Gasteiger partial charge in [-0.15, -0.1) is 0 Å². The van der Waals surface area contributed by atoms with Crippen molar-refractivity contribution in [3.05, 3.63) is 30.1 Å². The highest BCUT2D eigenvalue weighted by Crippen LogP contribution is 2.38. The molecular weight excluding hydrogens is 236 g/mol. The first kappa shape index (κ1) is 14.5. The van der Waals surface area contributed by atoms with E-state index in [1.54, 1.807) is 7.11 Å².